The van der Waals surface area contributed by atoms with Crippen molar-refractivity contribution in [2.24, 2.45) is 0 Å². The number of benzene rings is 1. The highest BCUT2D eigenvalue weighted by molar-refractivity contribution is 7.91. The first kappa shape index (κ1) is 23.2. The predicted octanol–water partition coefficient (Wildman–Crippen LogP) is 3.35. The number of hydrogen-bond acceptors (Lipinski definition) is 7. The van der Waals surface area contributed by atoms with Gasteiger partial charge in [0.2, 0.25) is 15.2 Å². The van der Waals surface area contributed by atoms with Gasteiger partial charge in [-0.25, -0.2) is 17.4 Å². The quantitative estimate of drug-likeness (QED) is 0.478. The second kappa shape index (κ2) is 9.35. The van der Waals surface area contributed by atoms with Crippen molar-refractivity contribution in [1.82, 2.24) is 13.9 Å². The first-order valence-corrected chi connectivity index (χ1v) is 12.8. The molecule has 0 fully saturated rings. The van der Waals surface area contributed by atoms with Crippen LogP contribution < -0.4 is 9.47 Å². The standard InChI is InChI=1S/C21H27N3O5S2/c1-6-7-10-31(26,27)24-19-11-16(28-4)8-9-17(19)23-21(24)30(25)13-18-15(3)20(29-5)14(2)12-22-18/h8-9,11-12H,6-7,10,13H2,1-5H3. The summed E-state index contributed by atoms with van der Waals surface area (Å²) >= 11 is 0. The van der Waals surface area contributed by atoms with Gasteiger partial charge in [-0.15, -0.1) is 0 Å². The lowest BCUT2D eigenvalue weighted by atomic mass is 10.1. The highest BCUT2D eigenvalue weighted by Crippen LogP contribution is 2.29. The predicted molar refractivity (Wildman–Crippen MR) is 121 cm³/mol. The Morgan fingerprint density at radius 1 is 1.16 bits per heavy atom. The zero-order valence-corrected chi connectivity index (χ0v) is 20.0. The number of pyridine rings is 1. The van der Waals surface area contributed by atoms with Gasteiger partial charge in [-0.1, -0.05) is 13.3 Å². The fourth-order valence-electron chi connectivity index (χ4n) is 3.37. The largest absolute Gasteiger partial charge is 0.497 e. The van der Waals surface area contributed by atoms with Crippen LogP contribution in [-0.4, -0.2) is 46.5 Å². The lowest BCUT2D eigenvalue weighted by molar-refractivity contribution is 0.407. The maximum absolute atomic E-state index is 13.4. The summed E-state index contributed by atoms with van der Waals surface area (Å²) in [4.78, 5) is 8.81. The Bertz CT molecular complexity index is 1240. The third kappa shape index (κ3) is 4.59. The Balaban J connectivity index is 2.13. The molecule has 0 saturated carbocycles. The molecular formula is C21H27N3O5S2. The molecule has 0 radical (unpaired) electrons. The molecule has 0 bridgehead atoms. The van der Waals surface area contributed by atoms with Crippen molar-refractivity contribution in [2.75, 3.05) is 20.0 Å². The van der Waals surface area contributed by atoms with E-state index in [1.807, 2.05) is 20.8 Å². The van der Waals surface area contributed by atoms with Gasteiger partial charge < -0.3 is 9.47 Å². The van der Waals surface area contributed by atoms with Crippen LogP contribution in [0.4, 0.5) is 0 Å². The molecule has 168 valence electrons. The number of aryl methyl sites for hydroxylation is 1. The van der Waals surface area contributed by atoms with Gasteiger partial charge in [0.15, 0.2) is 0 Å². The van der Waals surface area contributed by atoms with Gasteiger partial charge in [-0.2, -0.15) is 0 Å². The number of aromatic nitrogens is 3. The fraction of sp³-hybridized carbons (Fsp3) is 0.429. The van der Waals surface area contributed by atoms with Crippen LogP contribution in [0, 0.1) is 13.8 Å². The first-order valence-electron chi connectivity index (χ1n) is 9.90. The lowest BCUT2D eigenvalue weighted by Gasteiger charge is -2.13. The average molecular weight is 466 g/mol. The van der Waals surface area contributed by atoms with E-state index in [9.17, 15) is 12.6 Å². The summed E-state index contributed by atoms with van der Waals surface area (Å²) in [5.74, 6) is 1.13. The van der Waals surface area contributed by atoms with Crippen LogP contribution in [0.25, 0.3) is 11.0 Å². The second-order valence-corrected chi connectivity index (χ2v) is 10.5. The van der Waals surface area contributed by atoms with E-state index in [1.165, 1.54) is 7.11 Å². The maximum atomic E-state index is 13.4. The molecule has 31 heavy (non-hydrogen) atoms. The molecule has 1 unspecified atom stereocenters. The third-order valence-corrected chi connectivity index (χ3v) is 8.11. The van der Waals surface area contributed by atoms with E-state index in [0.717, 1.165) is 21.5 Å². The van der Waals surface area contributed by atoms with Crippen molar-refractivity contribution in [3.8, 4) is 11.5 Å². The fourth-order valence-corrected chi connectivity index (χ4v) is 6.68. The van der Waals surface area contributed by atoms with Crippen molar-refractivity contribution < 1.29 is 22.1 Å². The Morgan fingerprint density at radius 2 is 1.90 bits per heavy atom. The van der Waals surface area contributed by atoms with E-state index in [4.69, 9.17) is 9.47 Å². The minimum atomic E-state index is -3.77. The molecule has 3 rings (SSSR count). The Hall–Kier alpha value is -2.46. The van der Waals surface area contributed by atoms with Gasteiger partial charge in [0.05, 0.1) is 53.3 Å². The Morgan fingerprint density at radius 3 is 2.55 bits per heavy atom. The molecule has 0 amide bonds. The van der Waals surface area contributed by atoms with E-state index >= 15 is 0 Å². The third-order valence-electron chi connectivity index (χ3n) is 5.05. The van der Waals surface area contributed by atoms with Crippen molar-refractivity contribution in [3.05, 3.63) is 41.2 Å². The van der Waals surface area contributed by atoms with Crippen LogP contribution in [0.2, 0.25) is 0 Å². The molecule has 0 aliphatic heterocycles. The number of hydrogen-bond donors (Lipinski definition) is 0. The summed E-state index contributed by atoms with van der Waals surface area (Å²) in [6.07, 6.45) is 2.87. The van der Waals surface area contributed by atoms with Gasteiger partial charge in [-0.05, 0) is 32.4 Å². The van der Waals surface area contributed by atoms with Crippen LogP contribution in [0.1, 0.15) is 36.6 Å². The number of methoxy groups -OCH3 is 2. The van der Waals surface area contributed by atoms with E-state index in [1.54, 1.807) is 31.5 Å². The molecule has 0 aliphatic carbocycles. The molecule has 0 N–H and O–H groups in total. The summed E-state index contributed by atoms with van der Waals surface area (Å²) < 4.78 is 51.5. The molecule has 3 aromatic rings. The molecule has 2 aromatic heterocycles. The van der Waals surface area contributed by atoms with Gasteiger partial charge in [0, 0.05) is 23.4 Å². The summed E-state index contributed by atoms with van der Waals surface area (Å²) in [5.41, 5.74) is 3.01. The second-order valence-electron chi connectivity index (χ2n) is 7.22. The molecule has 0 spiro atoms. The average Bonchev–Trinajstić information content (AvgIpc) is 3.14. The summed E-state index contributed by atoms with van der Waals surface area (Å²) in [5, 5.41) is -0.0138. The van der Waals surface area contributed by atoms with Gasteiger partial charge in [0.25, 0.3) is 0 Å². The molecule has 0 saturated heterocycles. The lowest BCUT2D eigenvalue weighted by Crippen LogP contribution is -2.20. The van der Waals surface area contributed by atoms with Crippen molar-refractivity contribution in [3.63, 3.8) is 0 Å². The van der Waals surface area contributed by atoms with Crippen LogP contribution in [0.3, 0.4) is 0 Å². The molecule has 10 heteroatoms. The SMILES string of the molecule is CCCCS(=O)(=O)n1c(S(=O)Cc2ncc(C)c(OC)c2C)nc2ccc(OC)cc21. The van der Waals surface area contributed by atoms with Crippen LogP contribution in [0.5, 0.6) is 11.5 Å². The number of ether oxygens (including phenoxy) is 2. The summed E-state index contributed by atoms with van der Waals surface area (Å²) in [6, 6.07) is 4.96. The topological polar surface area (TPSA) is 100 Å². The van der Waals surface area contributed by atoms with Gasteiger partial charge in [0.1, 0.15) is 11.5 Å². The normalized spacial score (nSPS) is 12.8. The minimum Gasteiger partial charge on any atom is -0.497 e. The van der Waals surface area contributed by atoms with E-state index in [0.29, 0.717) is 34.6 Å². The van der Waals surface area contributed by atoms with Crippen molar-refractivity contribution in [2.45, 2.75) is 44.5 Å². The van der Waals surface area contributed by atoms with Crippen molar-refractivity contribution in [1.29, 1.82) is 0 Å². The summed E-state index contributed by atoms with van der Waals surface area (Å²) in [7, 11) is -2.44. The molecule has 8 nitrogen and oxygen atoms in total. The highest BCUT2D eigenvalue weighted by atomic mass is 32.2. The van der Waals surface area contributed by atoms with Crippen LogP contribution in [-0.2, 0) is 26.6 Å². The molecule has 1 aromatic carbocycles. The zero-order valence-electron chi connectivity index (χ0n) is 18.3. The smallest absolute Gasteiger partial charge is 0.241 e. The number of rotatable bonds is 9. The first-order chi connectivity index (χ1) is 14.7. The number of unbranched alkanes of at least 4 members (excludes halogenated alkanes) is 1. The van der Waals surface area contributed by atoms with Gasteiger partial charge >= 0.3 is 0 Å². The maximum Gasteiger partial charge on any atom is 0.241 e. The molecular weight excluding hydrogens is 438 g/mol. The zero-order chi connectivity index (χ0) is 22.8. The number of fused-ring (bicyclic) bond motifs is 1. The van der Waals surface area contributed by atoms with Crippen LogP contribution >= 0.6 is 0 Å². The van der Waals surface area contributed by atoms with E-state index in [2.05, 4.69) is 9.97 Å². The molecule has 0 aliphatic rings. The Labute approximate surface area is 185 Å². The Kier molecular flexibility index (Phi) is 7.00. The van der Waals surface area contributed by atoms with Crippen molar-refractivity contribution >= 4 is 31.9 Å². The highest BCUT2D eigenvalue weighted by Gasteiger charge is 2.26. The summed E-state index contributed by atoms with van der Waals surface area (Å²) in [6.45, 7) is 5.65. The van der Waals surface area contributed by atoms with E-state index < -0.39 is 20.8 Å². The van der Waals surface area contributed by atoms with E-state index in [-0.39, 0.29) is 16.7 Å². The molecule has 2 heterocycles. The minimum absolute atomic E-state index is 0.0138. The monoisotopic (exact) mass is 465 g/mol. The number of nitrogens with zero attached hydrogens (tertiary/aromatic N) is 3. The van der Waals surface area contributed by atoms with Crippen LogP contribution in [0.15, 0.2) is 29.6 Å². The molecule has 1 atom stereocenters. The van der Waals surface area contributed by atoms with Gasteiger partial charge in [-0.3, -0.25) is 9.19 Å². The number of imidazole rings is 1.